The van der Waals surface area contributed by atoms with Crippen LogP contribution in [0.2, 0.25) is 0 Å². The van der Waals surface area contributed by atoms with Crippen molar-refractivity contribution in [1.29, 1.82) is 0 Å². The van der Waals surface area contributed by atoms with Crippen LogP contribution in [-0.2, 0) is 20.8 Å². The van der Waals surface area contributed by atoms with E-state index < -0.39 is 17.8 Å². The van der Waals surface area contributed by atoms with Gasteiger partial charge in [-0.3, -0.25) is 38.6 Å². The van der Waals surface area contributed by atoms with E-state index in [2.05, 4.69) is 38.0 Å². The summed E-state index contributed by atoms with van der Waals surface area (Å²) in [4.78, 5) is 93.2. The molecule has 0 bridgehead atoms. The lowest BCUT2D eigenvalue weighted by atomic mass is 9.83. The summed E-state index contributed by atoms with van der Waals surface area (Å²) in [6, 6.07) is 11.8. The van der Waals surface area contributed by atoms with E-state index in [9.17, 15) is 28.8 Å². The summed E-state index contributed by atoms with van der Waals surface area (Å²) in [6.45, 7) is 14.2. The second-order valence-electron chi connectivity index (χ2n) is 22.2. The monoisotopic (exact) mass is 1030 g/mol. The lowest BCUT2D eigenvalue weighted by Crippen LogP contribution is -2.57. The van der Waals surface area contributed by atoms with Crippen LogP contribution in [0.15, 0.2) is 59.9 Å². The molecule has 75 heavy (non-hydrogen) atoms. The van der Waals surface area contributed by atoms with Crippen molar-refractivity contribution in [3.63, 3.8) is 0 Å². The van der Waals surface area contributed by atoms with Crippen molar-refractivity contribution in [2.45, 2.75) is 109 Å². The van der Waals surface area contributed by atoms with Gasteiger partial charge in [-0.05, 0) is 118 Å². The first kappa shape index (κ1) is 53.8. The summed E-state index contributed by atoms with van der Waals surface area (Å²) in [7, 11) is 0. The van der Waals surface area contributed by atoms with Crippen LogP contribution in [0.3, 0.4) is 0 Å². The number of likely N-dealkylation sites (tertiary alicyclic amines) is 2. The predicted molar refractivity (Wildman–Crippen MR) is 288 cm³/mol. The van der Waals surface area contributed by atoms with Crippen molar-refractivity contribution in [2.24, 2.45) is 17.8 Å². The van der Waals surface area contributed by atoms with Crippen LogP contribution in [-0.4, -0.2) is 167 Å². The number of benzene rings is 2. The number of carbonyl (C=O) groups is 5. The van der Waals surface area contributed by atoms with E-state index in [-0.39, 0.29) is 53.0 Å². The molecule has 2 unspecified atom stereocenters. The van der Waals surface area contributed by atoms with Crippen LogP contribution in [0.5, 0.6) is 0 Å². The number of hydrogen-bond acceptors (Lipinski definition) is 9. The Balaban J connectivity index is 0.706. The third kappa shape index (κ3) is 13.7. The van der Waals surface area contributed by atoms with Gasteiger partial charge in [-0.2, -0.15) is 5.10 Å². The van der Waals surface area contributed by atoms with Gasteiger partial charge >= 0.3 is 0 Å². The molecule has 6 fully saturated rings. The van der Waals surface area contributed by atoms with Gasteiger partial charge in [0.1, 0.15) is 11.9 Å². The number of nitrogens with one attached hydrogen (secondary N) is 2. The van der Waals surface area contributed by atoms with Gasteiger partial charge in [-0.1, -0.05) is 75.1 Å². The third-order valence-electron chi connectivity index (χ3n) is 17.1. The molecule has 2 aliphatic carbocycles. The van der Waals surface area contributed by atoms with Crippen molar-refractivity contribution in [2.75, 3.05) is 91.6 Å². The fourth-order valence-electron chi connectivity index (χ4n) is 12.3. The molecule has 2 atom stereocenters. The second kappa shape index (κ2) is 25.2. The van der Waals surface area contributed by atoms with Crippen LogP contribution < -0.4 is 21.3 Å². The maximum Gasteiger partial charge on any atom is 0.271 e. The Bertz CT molecular complexity index is 2730. The minimum Gasteiger partial charge on any atom is -0.342 e. The number of piperazine rings is 2. The fraction of sp³-hybridized carbons (Fsp3) is 0.576. The molecule has 2 N–H and O–H groups in total. The molecule has 402 valence electrons. The molecule has 9 rings (SSSR count). The van der Waals surface area contributed by atoms with Crippen molar-refractivity contribution in [3.05, 3.63) is 110 Å². The first-order valence-corrected chi connectivity index (χ1v) is 28.1. The van der Waals surface area contributed by atoms with E-state index >= 15 is 4.39 Å². The molecule has 1 aromatic heterocycles. The van der Waals surface area contributed by atoms with Crippen molar-refractivity contribution < 1.29 is 28.4 Å². The van der Waals surface area contributed by atoms with Crippen LogP contribution in [0.4, 0.5) is 4.39 Å². The lowest BCUT2D eigenvalue weighted by molar-refractivity contribution is -0.137. The summed E-state index contributed by atoms with van der Waals surface area (Å²) in [5.41, 5.74) is 2.55. The number of hydrogen-bond donors (Lipinski definition) is 2. The van der Waals surface area contributed by atoms with Gasteiger partial charge in [-0.15, -0.1) is 0 Å². The Kier molecular flexibility index (Phi) is 18.1. The fourth-order valence-corrected chi connectivity index (χ4v) is 12.3. The minimum atomic E-state index is -0.617. The first-order valence-electron chi connectivity index (χ1n) is 28.1. The molecule has 6 aliphatic rings. The largest absolute Gasteiger partial charge is 0.342 e. The van der Waals surface area contributed by atoms with Crippen molar-refractivity contribution in [3.8, 4) is 0 Å². The number of piperidine rings is 2. The van der Waals surface area contributed by atoms with Gasteiger partial charge in [-0.25, -0.2) is 9.49 Å². The van der Waals surface area contributed by atoms with Gasteiger partial charge in [0.2, 0.25) is 17.7 Å². The summed E-state index contributed by atoms with van der Waals surface area (Å²) in [6.07, 6.45) is 18.5. The Morgan fingerprint density at radius 3 is 2.21 bits per heavy atom. The third-order valence-corrected chi connectivity index (χ3v) is 17.1. The number of H-pyrrole nitrogens is 1. The Morgan fingerprint density at radius 1 is 0.760 bits per heavy atom. The van der Waals surface area contributed by atoms with Crippen molar-refractivity contribution >= 4 is 41.7 Å². The predicted octanol–water partition coefficient (Wildman–Crippen LogP) is 4.68. The average molecular weight is 1030 g/mol. The average Bonchev–Trinajstić information content (AvgIpc) is 4.29. The summed E-state index contributed by atoms with van der Waals surface area (Å²) in [5.74, 6) is 0.619. The highest BCUT2D eigenvalue weighted by atomic mass is 19.1. The smallest absolute Gasteiger partial charge is 0.271 e. The van der Waals surface area contributed by atoms with E-state index in [0.29, 0.717) is 92.0 Å². The van der Waals surface area contributed by atoms with Crippen LogP contribution in [0, 0.1) is 23.6 Å². The standard InChI is InChI=1S/C59H78FN9O6/c1-3-10-49-48(4-2)57(73)63-62-52(49)36-43-18-20-51(60)50(35-43)58(74)67-33-31-66(32-34-67)54(71)40-64-25-22-42(23-26-64)38-65-27-29-68(30-28-65)59(75)55(44-11-6-5-7-12-44)61-56(72)46-14-8-13-45(37-46)47-15-9-24-69(39-47)53(70)21-19-41-16-17-41/h3-4,8,10,13-14,18,20,35,37,41-42,44,47,55H,1,5-7,9,11-12,15-17,19,21-34,36,38-40H2,2H3,(H,61,72)(H,63,73)/b48-4+,49-10+. The van der Waals surface area contributed by atoms with E-state index in [0.717, 1.165) is 115 Å². The summed E-state index contributed by atoms with van der Waals surface area (Å²) < 4.78 is 15.2. The highest BCUT2D eigenvalue weighted by molar-refractivity contribution is 5.98. The van der Waals surface area contributed by atoms with Gasteiger partial charge in [0.05, 0.1) is 17.8 Å². The molecule has 2 saturated carbocycles. The molecule has 0 spiro atoms. The zero-order valence-electron chi connectivity index (χ0n) is 44.1. The molecule has 4 aliphatic heterocycles. The Morgan fingerprint density at radius 2 is 1.49 bits per heavy atom. The number of aromatic amines is 1. The van der Waals surface area contributed by atoms with E-state index in [1.807, 2.05) is 28.0 Å². The second-order valence-corrected chi connectivity index (χ2v) is 22.2. The number of halogens is 1. The molecule has 3 aromatic rings. The Labute approximate surface area is 441 Å². The molecule has 4 saturated heterocycles. The van der Waals surface area contributed by atoms with E-state index in [4.69, 9.17) is 0 Å². The maximum absolute atomic E-state index is 15.2. The number of carbonyl (C=O) groups excluding carboxylic acids is 5. The van der Waals surface area contributed by atoms with Gasteiger partial charge < -0.3 is 24.9 Å². The topological polar surface area (TPSA) is 163 Å². The molecule has 16 heteroatoms. The highest BCUT2D eigenvalue weighted by Crippen LogP contribution is 2.35. The number of rotatable bonds is 16. The van der Waals surface area contributed by atoms with Gasteiger partial charge in [0.25, 0.3) is 17.4 Å². The maximum atomic E-state index is 15.2. The van der Waals surface area contributed by atoms with E-state index in [1.165, 1.54) is 18.9 Å². The van der Waals surface area contributed by atoms with Crippen LogP contribution in [0.1, 0.15) is 134 Å². The molecule has 5 amide bonds. The minimum absolute atomic E-state index is 0.0313. The number of amides is 5. The summed E-state index contributed by atoms with van der Waals surface area (Å²) >= 11 is 0. The molecular formula is C59H78FN9O6. The van der Waals surface area contributed by atoms with Gasteiger partial charge in [0, 0.05) is 107 Å². The van der Waals surface area contributed by atoms with Crippen molar-refractivity contribution in [1.82, 2.24) is 44.9 Å². The van der Waals surface area contributed by atoms with E-state index in [1.54, 1.807) is 47.1 Å². The molecule has 2 aromatic carbocycles. The van der Waals surface area contributed by atoms with Crippen LogP contribution >= 0.6 is 0 Å². The first-order chi connectivity index (χ1) is 36.4. The number of aromatic nitrogens is 2. The number of allylic oxidation sites excluding steroid dienone is 1. The van der Waals surface area contributed by atoms with Crippen LogP contribution in [0.25, 0.3) is 12.2 Å². The lowest BCUT2D eigenvalue weighted by Gasteiger charge is -2.41. The SMILES string of the molecule is C=C/C=c1/c(Cc2ccc(F)c(C(=O)N3CCN(C(=O)CN4CCC(CN5CCN(C(=O)C(NC(=O)c6cccc(C7CCCN(C(=O)CCC8CC8)C7)c6)C6CCCCC6)CC5)CC4)CC3)c2)n[nH]c(=O)/c1=C/C. The highest BCUT2D eigenvalue weighted by Gasteiger charge is 2.37. The molecular weight excluding hydrogens is 950 g/mol. The number of nitrogens with zero attached hydrogens (tertiary/aromatic N) is 7. The quantitative estimate of drug-likeness (QED) is 0.208. The zero-order valence-corrected chi connectivity index (χ0v) is 44.1. The Hall–Kier alpha value is -6.00. The zero-order chi connectivity index (χ0) is 52.4. The molecule has 5 heterocycles. The molecule has 15 nitrogen and oxygen atoms in total. The normalized spacial score (nSPS) is 21.5. The summed E-state index contributed by atoms with van der Waals surface area (Å²) in [5, 5.41) is 11.1. The van der Waals surface area contributed by atoms with Gasteiger partial charge in [0.15, 0.2) is 0 Å². The molecule has 0 radical (unpaired) electrons.